The summed E-state index contributed by atoms with van der Waals surface area (Å²) in [6.07, 6.45) is 2.61. The Morgan fingerprint density at radius 1 is 1.35 bits per heavy atom. The van der Waals surface area contributed by atoms with Gasteiger partial charge in [0.2, 0.25) is 0 Å². The van der Waals surface area contributed by atoms with Crippen LogP contribution in [-0.4, -0.2) is 18.0 Å². The quantitative estimate of drug-likeness (QED) is 0.527. The first kappa shape index (κ1) is 13.2. The molecule has 2 heteroatoms. The molecule has 1 aromatic rings. The van der Waals surface area contributed by atoms with Crippen LogP contribution >= 0.6 is 0 Å². The highest BCUT2D eigenvalue weighted by Crippen LogP contribution is 2.07. The summed E-state index contributed by atoms with van der Waals surface area (Å²) in [5.41, 5.74) is 1.91. The molecule has 0 atom stereocenters. The molecule has 0 radical (unpaired) electrons. The maximum atomic E-state index is 8.68. The first-order chi connectivity index (χ1) is 8.26. The lowest BCUT2D eigenvalue weighted by Gasteiger charge is -2.20. The number of nitriles is 1. The zero-order valence-electron chi connectivity index (χ0n) is 10.1. The van der Waals surface area contributed by atoms with Crippen LogP contribution in [0.3, 0.4) is 0 Å². The molecule has 0 saturated carbocycles. The molecule has 0 unspecified atom stereocenters. The first-order valence-corrected chi connectivity index (χ1v) is 5.71. The Hall–Kier alpha value is -1.85. The number of hydrogen-bond acceptors (Lipinski definition) is 2. The second kappa shape index (κ2) is 7.43. The number of rotatable bonds is 7. The van der Waals surface area contributed by atoms with Gasteiger partial charge in [0, 0.05) is 25.2 Å². The molecule has 1 aromatic carbocycles. The van der Waals surface area contributed by atoms with Gasteiger partial charge in [-0.1, -0.05) is 43.0 Å². The van der Waals surface area contributed by atoms with E-state index in [1.165, 1.54) is 5.56 Å². The monoisotopic (exact) mass is 226 g/mol. The fourth-order valence-electron chi connectivity index (χ4n) is 1.61. The van der Waals surface area contributed by atoms with Crippen molar-refractivity contribution in [2.24, 2.45) is 0 Å². The van der Waals surface area contributed by atoms with Gasteiger partial charge < -0.3 is 0 Å². The van der Waals surface area contributed by atoms with Crippen LogP contribution in [0.15, 0.2) is 55.1 Å². The number of nitrogens with zero attached hydrogens (tertiary/aromatic N) is 2. The van der Waals surface area contributed by atoms with Crippen molar-refractivity contribution < 1.29 is 0 Å². The third kappa shape index (κ3) is 5.14. The average molecular weight is 226 g/mol. The van der Waals surface area contributed by atoms with E-state index in [0.717, 1.165) is 26.1 Å². The fraction of sp³-hybridized carbons (Fsp3) is 0.267. The average Bonchev–Trinajstić information content (AvgIpc) is 2.37. The molecule has 0 heterocycles. The van der Waals surface area contributed by atoms with E-state index in [9.17, 15) is 0 Å². The van der Waals surface area contributed by atoms with Gasteiger partial charge in [0.25, 0.3) is 0 Å². The van der Waals surface area contributed by atoms with Gasteiger partial charge in [0.05, 0.1) is 6.07 Å². The van der Waals surface area contributed by atoms with Crippen LogP contribution in [0, 0.1) is 11.3 Å². The minimum atomic E-state index is 0.632. The van der Waals surface area contributed by atoms with Crippen molar-refractivity contribution in [3.8, 4) is 6.07 Å². The second-order valence-electron chi connectivity index (χ2n) is 3.97. The van der Waals surface area contributed by atoms with Crippen LogP contribution in [0.2, 0.25) is 0 Å². The molecule has 0 fully saturated rings. The Kier molecular flexibility index (Phi) is 5.77. The van der Waals surface area contributed by atoms with E-state index in [1.807, 2.05) is 24.3 Å². The van der Waals surface area contributed by atoms with E-state index in [0.29, 0.717) is 5.57 Å². The zero-order chi connectivity index (χ0) is 12.5. The lowest BCUT2D eigenvalue weighted by molar-refractivity contribution is 0.299. The zero-order valence-corrected chi connectivity index (χ0v) is 10.1. The van der Waals surface area contributed by atoms with Gasteiger partial charge in [-0.15, -0.1) is 6.58 Å². The molecule has 1 rings (SSSR count). The summed E-state index contributed by atoms with van der Waals surface area (Å²) in [7, 11) is 0. The highest BCUT2D eigenvalue weighted by atomic mass is 15.1. The molecule has 0 N–H and O–H groups in total. The molecule has 2 nitrogen and oxygen atoms in total. The smallest absolute Gasteiger partial charge is 0.0941 e. The highest BCUT2D eigenvalue weighted by molar-refractivity contribution is 5.17. The number of benzene rings is 1. The van der Waals surface area contributed by atoms with Crippen molar-refractivity contribution in [2.45, 2.75) is 13.0 Å². The predicted octanol–water partition coefficient (Wildman–Crippen LogP) is 3.14. The van der Waals surface area contributed by atoms with Gasteiger partial charge in [-0.3, -0.25) is 4.90 Å². The standard InChI is InChI=1S/C15H18N2/c1-3-10-17(11-9-14(2)12-16)13-15-7-5-4-6-8-15/h3-8H,1-2,9-11,13H2. The summed E-state index contributed by atoms with van der Waals surface area (Å²) in [4.78, 5) is 2.25. The van der Waals surface area contributed by atoms with Gasteiger partial charge in [-0.05, 0) is 12.0 Å². The molecule has 0 bridgehead atoms. The summed E-state index contributed by atoms with van der Waals surface area (Å²) in [6, 6.07) is 12.4. The third-order valence-corrected chi connectivity index (χ3v) is 2.52. The van der Waals surface area contributed by atoms with Gasteiger partial charge >= 0.3 is 0 Å². The Bertz CT molecular complexity index is 401. The van der Waals surface area contributed by atoms with E-state index in [1.54, 1.807) is 0 Å². The van der Waals surface area contributed by atoms with Gasteiger partial charge in [-0.25, -0.2) is 0 Å². The first-order valence-electron chi connectivity index (χ1n) is 5.71. The normalized spacial score (nSPS) is 9.88. The third-order valence-electron chi connectivity index (χ3n) is 2.52. The molecule has 0 aromatic heterocycles. The number of hydrogen-bond donors (Lipinski definition) is 0. The SMILES string of the molecule is C=CCN(CCC(=C)C#N)Cc1ccccc1. The van der Waals surface area contributed by atoms with Crippen LogP contribution in [-0.2, 0) is 6.54 Å². The van der Waals surface area contributed by atoms with Gasteiger partial charge in [0.1, 0.15) is 0 Å². The van der Waals surface area contributed by atoms with Crippen molar-refractivity contribution in [1.82, 2.24) is 4.90 Å². The molecule has 0 spiro atoms. The van der Waals surface area contributed by atoms with Crippen molar-refractivity contribution >= 4 is 0 Å². The minimum Gasteiger partial charge on any atom is -0.295 e. The van der Waals surface area contributed by atoms with Crippen molar-refractivity contribution in [3.05, 3.63) is 60.7 Å². The molecule has 0 aliphatic rings. The van der Waals surface area contributed by atoms with E-state index in [4.69, 9.17) is 5.26 Å². The van der Waals surface area contributed by atoms with E-state index in [-0.39, 0.29) is 0 Å². The van der Waals surface area contributed by atoms with E-state index >= 15 is 0 Å². The Balaban J connectivity index is 2.52. The molecule has 0 saturated heterocycles. The topological polar surface area (TPSA) is 27.0 Å². The van der Waals surface area contributed by atoms with Gasteiger partial charge in [0.15, 0.2) is 0 Å². The van der Waals surface area contributed by atoms with Crippen LogP contribution < -0.4 is 0 Å². The summed E-state index contributed by atoms with van der Waals surface area (Å²) < 4.78 is 0. The molecular formula is C15H18N2. The Labute approximate surface area is 103 Å². The molecule has 0 aliphatic carbocycles. The summed E-state index contributed by atoms with van der Waals surface area (Å²) >= 11 is 0. The van der Waals surface area contributed by atoms with Crippen LogP contribution in [0.25, 0.3) is 0 Å². The molecule has 88 valence electrons. The molecule has 0 aliphatic heterocycles. The van der Waals surface area contributed by atoms with E-state index < -0.39 is 0 Å². The Morgan fingerprint density at radius 2 is 2.06 bits per heavy atom. The lowest BCUT2D eigenvalue weighted by Crippen LogP contribution is -2.24. The molecule has 0 amide bonds. The molecule has 17 heavy (non-hydrogen) atoms. The largest absolute Gasteiger partial charge is 0.295 e. The summed E-state index contributed by atoms with van der Waals surface area (Å²) in [5, 5.41) is 8.68. The van der Waals surface area contributed by atoms with Crippen LogP contribution in [0.5, 0.6) is 0 Å². The van der Waals surface area contributed by atoms with Crippen molar-refractivity contribution in [2.75, 3.05) is 13.1 Å². The molecular weight excluding hydrogens is 208 g/mol. The maximum absolute atomic E-state index is 8.68. The van der Waals surface area contributed by atoms with Crippen LogP contribution in [0.4, 0.5) is 0 Å². The summed E-state index contributed by atoms with van der Waals surface area (Å²) in [5.74, 6) is 0. The highest BCUT2D eigenvalue weighted by Gasteiger charge is 2.04. The van der Waals surface area contributed by atoms with E-state index in [2.05, 4.69) is 36.3 Å². The van der Waals surface area contributed by atoms with Crippen molar-refractivity contribution in [3.63, 3.8) is 0 Å². The van der Waals surface area contributed by atoms with Gasteiger partial charge in [-0.2, -0.15) is 5.26 Å². The predicted molar refractivity (Wildman–Crippen MR) is 71.3 cm³/mol. The lowest BCUT2D eigenvalue weighted by atomic mass is 10.2. The van der Waals surface area contributed by atoms with Crippen molar-refractivity contribution in [1.29, 1.82) is 5.26 Å². The Morgan fingerprint density at radius 3 is 2.65 bits per heavy atom. The second-order valence-corrected chi connectivity index (χ2v) is 3.97. The summed E-state index contributed by atoms with van der Waals surface area (Å²) in [6.45, 7) is 10.0. The fourth-order valence-corrected chi connectivity index (χ4v) is 1.61. The maximum Gasteiger partial charge on any atom is 0.0941 e. The minimum absolute atomic E-state index is 0.632. The van der Waals surface area contributed by atoms with Crippen LogP contribution in [0.1, 0.15) is 12.0 Å².